The van der Waals surface area contributed by atoms with Crippen LogP contribution in [-0.4, -0.2) is 59.8 Å². The molecule has 2 aromatic heterocycles. The molecule has 3 aromatic rings. The molecule has 0 aliphatic carbocycles. The lowest BCUT2D eigenvalue weighted by Gasteiger charge is -2.30. The highest BCUT2D eigenvalue weighted by molar-refractivity contribution is 7.99. The van der Waals surface area contributed by atoms with Crippen LogP contribution in [-0.2, 0) is 28.3 Å². The summed E-state index contributed by atoms with van der Waals surface area (Å²) in [6.45, 7) is 2.47. The second-order valence-electron chi connectivity index (χ2n) is 7.77. The Morgan fingerprint density at radius 1 is 1.25 bits per heavy atom. The Labute approximate surface area is 191 Å². The number of aromatic nitrogens is 3. The predicted molar refractivity (Wildman–Crippen MR) is 122 cm³/mol. The van der Waals surface area contributed by atoms with Crippen LogP contribution in [0, 0.1) is 6.92 Å². The average molecular weight is 476 g/mol. The zero-order chi connectivity index (χ0) is 23.0. The summed E-state index contributed by atoms with van der Waals surface area (Å²) >= 11 is 1.32. The van der Waals surface area contributed by atoms with Crippen LogP contribution < -0.4 is 4.90 Å². The van der Waals surface area contributed by atoms with Crippen LogP contribution >= 0.6 is 11.8 Å². The summed E-state index contributed by atoms with van der Waals surface area (Å²) in [6, 6.07) is 6.82. The van der Waals surface area contributed by atoms with Gasteiger partial charge in [-0.3, -0.25) is 4.79 Å². The molecule has 1 amide bonds. The first-order chi connectivity index (χ1) is 15.2. The van der Waals surface area contributed by atoms with Gasteiger partial charge in [0.05, 0.1) is 22.5 Å². The fourth-order valence-corrected chi connectivity index (χ4v) is 5.44. The van der Waals surface area contributed by atoms with Crippen molar-refractivity contribution in [2.45, 2.75) is 29.8 Å². The second-order valence-corrected chi connectivity index (χ2v) is 10.9. The minimum absolute atomic E-state index is 0.0526. The summed E-state index contributed by atoms with van der Waals surface area (Å²) < 4.78 is 33.3. The number of aryl methyl sites for hydroxylation is 2. The molecule has 0 fully saturated rings. The Bertz CT molecular complexity index is 1260. The van der Waals surface area contributed by atoms with E-state index in [1.807, 2.05) is 24.6 Å². The summed E-state index contributed by atoms with van der Waals surface area (Å²) in [6.07, 6.45) is 3.13. The fraction of sp³-hybridized carbons (Fsp3) is 0.381. The van der Waals surface area contributed by atoms with Gasteiger partial charge in [-0.15, -0.1) is 10.2 Å². The second kappa shape index (κ2) is 8.72. The Morgan fingerprint density at radius 3 is 2.72 bits per heavy atom. The highest BCUT2D eigenvalue weighted by Crippen LogP contribution is 2.31. The molecule has 4 rings (SSSR count). The largest absolute Gasteiger partial charge is 0.469 e. The summed E-state index contributed by atoms with van der Waals surface area (Å²) in [4.78, 5) is 15.0. The molecular formula is C21H25N5O4S2. The van der Waals surface area contributed by atoms with Crippen molar-refractivity contribution in [3.63, 3.8) is 0 Å². The van der Waals surface area contributed by atoms with Crippen LogP contribution in [0.4, 0.5) is 5.69 Å². The van der Waals surface area contributed by atoms with Gasteiger partial charge in [0.2, 0.25) is 15.9 Å². The van der Waals surface area contributed by atoms with E-state index >= 15 is 0 Å². The van der Waals surface area contributed by atoms with Crippen molar-refractivity contribution < 1.29 is 17.6 Å². The third-order valence-electron chi connectivity index (χ3n) is 5.51. The van der Waals surface area contributed by atoms with Gasteiger partial charge in [-0.2, -0.15) is 0 Å². The molecular weight excluding hydrogens is 450 g/mol. The molecule has 32 heavy (non-hydrogen) atoms. The van der Waals surface area contributed by atoms with E-state index in [-0.39, 0.29) is 16.6 Å². The lowest BCUT2D eigenvalue weighted by molar-refractivity contribution is -0.116. The number of thioether (sulfide) groups is 1. The van der Waals surface area contributed by atoms with Gasteiger partial charge in [-0.05, 0) is 49.6 Å². The van der Waals surface area contributed by atoms with Crippen molar-refractivity contribution in [1.82, 2.24) is 19.1 Å². The topological polar surface area (TPSA) is 102 Å². The first-order valence-electron chi connectivity index (χ1n) is 10.1. The normalized spacial score (nSPS) is 14.1. The number of fused-ring (bicyclic) bond motifs is 1. The average Bonchev–Trinajstić information content (AvgIpc) is 3.35. The molecule has 0 saturated carbocycles. The number of furan rings is 1. The third kappa shape index (κ3) is 4.07. The number of anilines is 1. The predicted octanol–water partition coefficient (Wildman–Crippen LogP) is 2.71. The van der Waals surface area contributed by atoms with Crippen LogP contribution in [0.5, 0.6) is 0 Å². The van der Waals surface area contributed by atoms with Crippen LogP contribution in [0.3, 0.4) is 0 Å². The number of hydrogen-bond donors (Lipinski definition) is 0. The van der Waals surface area contributed by atoms with Gasteiger partial charge in [0.25, 0.3) is 0 Å². The minimum atomic E-state index is -3.52. The molecule has 1 aromatic carbocycles. The van der Waals surface area contributed by atoms with Gasteiger partial charge in [-0.25, -0.2) is 12.7 Å². The minimum Gasteiger partial charge on any atom is -0.469 e. The smallest absolute Gasteiger partial charge is 0.242 e. The first-order valence-corrected chi connectivity index (χ1v) is 12.5. The molecule has 11 heteroatoms. The number of carbonyl (C=O) groups excluding carboxylic acids is 1. The molecule has 3 heterocycles. The number of amides is 1. The highest BCUT2D eigenvalue weighted by atomic mass is 32.2. The summed E-state index contributed by atoms with van der Waals surface area (Å²) in [5.41, 5.74) is 2.51. The van der Waals surface area contributed by atoms with E-state index in [2.05, 4.69) is 10.2 Å². The van der Waals surface area contributed by atoms with Gasteiger partial charge >= 0.3 is 0 Å². The van der Waals surface area contributed by atoms with E-state index in [0.717, 1.165) is 35.4 Å². The number of hydrogen-bond acceptors (Lipinski definition) is 7. The molecule has 1 aliphatic heterocycles. The van der Waals surface area contributed by atoms with E-state index in [1.54, 1.807) is 29.4 Å². The summed E-state index contributed by atoms with van der Waals surface area (Å²) in [7, 11) is 1.36. The van der Waals surface area contributed by atoms with E-state index in [1.165, 1.54) is 30.2 Å². The van der Waals surface area contributed by atoms with Crippen LogP contribution in [0.2, 0.25) is 0 Å². The Morgan fingerprint density at radius 2 is 2.03 bits per heavy atom. The SMILES string of the molecule is Cc1occc1-c1nnc(SCC(=O)N2CCCc3cc(S(=O)(=O)N(C)C)ccc32)n1C. The molecule has 0 N–H and O–H groups in total. The zero-order valence-corrected chi connectivity index (χ0v) is 20.0. The van der Waals surface area contributed by atoms with Crippen molar-refractivity contribution in [3.8, 4) is 11.4 Å². The molecule has 9 nitrogen and oxygen atoms in total. The van der Waals surface area contributed by atoms with Crippen molar-refractivity contribution in [2.75, 3.05) is 31.3 Å². The van der Waals surface area contributed by atoms with E-state index in [9.17, 15) is 13.2 Å². The maximum atomic E-state index is 13.0. The summed E-state index contributed by atoms with van der Waals surface area (Å²) in [5.74, 6) is 1.59. The van der Waals surface area contributed by atoms with Crippen molar-refractivity contribution in [3.05, 3.63) is 41.9 Å². The number of sulfonamides is 1. The van der Waals surface area contributed by atoms with Crippen LogP contribution in [0.25, 0.3) is 11.4 Å². The van der Waals surface area contributed by atoms with Crippen molar-refractivity contribution in [2.24, 2.45) is 7.05 Å². The monoisotopic (exact) mass is 475 g/mol. The molecule has 0 atom stereocenters. The van der Waals surface area contributed by atoms with Crippen LogP contribution in [0.1, 0.15) is 17.7 Å². The number of nitrogens with zero attached hydrogens (tertiary/aromatic N) is 5. The van der Waals surface area contributed by atoms with E-state index < -0.39 is 10.0 Å². The first kappa shape index (κ1) is 22.6. The van der Waals surface area contributed by atoms with Crippen molar-refractivity contribution in [1.29, 1.82) is 0 Å². The fourth-order valence-electron chi connectivity index (χ4n) is 3.70. The standard InChI is InChI=1S/C21H25N5O4S2/c1-14-17(9-11-30-14)20-22-23-21(25(20)4)31-13-19(27)26-10-5-6-15-12-16(7-8-18(15)26)32(28,29)24(2)3/h7-9,11-12H,5-6,10,13H2,1-4H3. The molecule has 0 saturated heterocycles. The van der Waals surface area contributed by atoms with E-state index in [0.29, 0.717) is 17.5 Å². The number of carbonyl (C=O) groups is 1. The zero-order valence-electron chi connectivity index (χ0n) is 18.4. The Balaban J connectivity index is 1.50. The number of rotatable bonds is 6. The molecule has 0 unspecified atom stereocenters. The van der Waals surface area contributed by atoms with Gasteiger partial charge in [0.1, 0.15) is 5.76 Å². The summed E-state index contributed by atoms with van der Waals surface area (Å²) in [5, 5.41) is 9.10. The van der Waals surface area contributed by atoms with Gasteiger partial charge < -0.3 is 13.9 Å². The molecule has 0 radical (unpaired) electrons. The van der Waals surface area contributed by atoms with E-state index in [4.69, 9.17) is 4.42 Å². The van der Waals surface area contributed by atoms with Crippen LogP contribution in [0.15, 0.2) is 45.0 Å². The quantitative estimate of drug-likeness (QED) is 0.505. The van der Waals surface area contributed by atoms with Gasteiger partial charge in [-0.1, -0.05) is 11.8 Å². The van der Waals surface area contributed by atoms with Gasteiger partial charge in [0.15, 0.2) is 11.0 Å². The molecule has 0 spiro atoms. The Kier molecular flexibility index (Phi) is 6.15. The number of benzene rings is 1. The maximum absolute atomic E-state index is 13.0. The molecule has 170 valence electrons. The van der Waals surface area contributed by atoms with Crippen molar-refractivity contribution >= 4 is 33.4 Å². The molecule has 0 bridgehead atoms. The lowest BCUT2D eigenvalue weighted by atomic mass is 10.0. The van der Waals surface area contributed by atoms with Gasteiger partial charge in [0, 0.05) is 33.4 Å². The lowest BCUT2D eigenvalue weighted by Crippen LogP contribution is -2.37. The third-order valence-corrected chi connectivity index (χ3v) is 8.32. The Hall–Kier alpha value is -2.63. The highest BCUT2D eigenvalue weighted by Gasteiger charge is 2.26. The maximum Gasteiger partial charge on any atom is 0.242 e. The molecule has 1 aliphatic rings.